The summed E-state index contributed by atoms with van der Waals surface area (Å²) in [6.45, 7) is 0. The molecule has 0 unspecified atom stereocenters. The van der Waals surface area contributed by atoms with Gasteiger partial charge in [0.15, 0.2) is 0 Å². The smallest absolute Gasteiger partial charge is 0.261 e. The molecular weight excluding hydrogens is 471 g/mol. The molecule has 1 amide bonds. The van der Waals surface area contributed by atoms with Gasteiger partial charge in [-0.2, -0.15) is 0 Å². The van der Waals surface area contributed by atoms with E-state index >= 15 is 0 Å². The monoisotopic (exact) mass is 486 g/mol. The molecule has 0 saturated heterocycles. The second-order valence-electron chi connectivity index (χ2n) is 7.51. The first-order chi connectivity index (χ1) is 16.5. The number of anilines is 1. The van der Waals surface area contributed by atoms with E-state index in [0.717, 1.165) is 16.8 Å². The number of rotatable bonds is 4. The number of hydrogen-bond acceptors (Lipinski definition) is 4. The number of benzene rings is 2. The van der Waals surface area contributed by atoms with Gasteiger partial charge in [-0.05, 0) is 48.0 Å². The van der Waals surface area contributed by atoms with Crippen molar-refractivity contribution < 1.29 is 4.79 Å². The molecule has 0 bridgehead atoms. The highest BCUT2D eigenvalue weighted by molar-refractivity contribution is 6.33. The number of carbonyl (C=O) groups excluding carboxylic acids is 1. The van der Waals surface area contributed by atoms with Crippen LogP contribution in [-0.4, -0.2) is 20.4 Å². The fourth-order valence-corrected chi connectivity index (χ4v) is 4.22. The third-order valence-corrected chi connectivity index (χ3v) is 5.68. The van der Waals surface area contributed by atoms with Crippen LogP contribution in [0.3, 0.4) is 0 Å². The Morgan fingerprint density at radius 3 is 2.41 bits per heavy atom. The molecule has 166 valence electrons. The number of halogens is 2. The lowest BCUT2D eigenvalue weighted by Gasteiger charge is -2.15. The van der Waals surface area contributed by atoms with E-state index in [-0.39, 0.29) is 21.3 Å². The largest absolute Gasteiger partial charge is 0.322 e. The maximum Gasteiger partial charge on any atom is 0.261 e. The lowest BCUT2D eigenvalue weighted by atomic mass is 10.1. The van der Waals surface area contributed by atoms with Crippen LogP contribution >= 0.6 is 23.2 Å². The third kappa shape index (κ3) is 4.29. The fraction of sp³-hybridized carbons (Fsp3) is 0. The number of fused-ring (bicyclic) bond motifs is 1. The number of pyridine rings is 3. The molecule has 1 N–H and O–H groups in total. The number of nitrogens with zero attached hydrogens (tertiary/aromatic N) is 3. The number of amides is 1. The summed E-state index contributed by atoms with van der Waals surface area (Å²) in [6.07, 6.45) is 5.05. The van der Waals surface area contributed by atoms with Crippen LogP contribution in [0.1, 0.15) is 10.4 Å². The summed E-state index contributed by atoms with van der Waals surface area (Å²) in [5.41, 5.74) is 3.34. The topological polar surface area (TPSA) is 76.9 Å². The minimum Gasteiger partial charge on any atom is -0.322 e. The quantitative estimate of drug-likeness (QED) is 0.315. The number of hydrogen-bond donors (Lipinski definition) is 1. The molecule has 0 spiro atoms. The van der Waals surface area contributed by atoms with Gasteiger partial charge in [0.25, 0.3) is 5.91 Å². The minimum atomic E-state index is -0.578. The summed E-state index contributed by atoms with van der Waals surface area (Å²) in [7, 11) is 0. The van der Waals surface area contributed by atoms with Crippen molar-refractivity contribution in [1.29, 1.82) is 0 Å². The molecule has 0 aliphatic heterocycles. The van der Waals surface area contributed by atoms with Crippen LogP contribution in [0.2, 0.25) is 10.3 Å². The van der Waals surface area contributed by atoms with Crippen LogP contribution in [0.15, 0.2) is 96.2 Å². The van der Waals surface area contributed by atoms with E-state index in [1.54, 1.807) is 30.7 Å². The van der Waals surface area contributed by atoms with Crippen molar-refractivity contribution in [2.75, 3.05) is 5.32 Å². The van der Waals surface area contributed by atoms with Crippen LogP contribution in [-0.2, 0) is 0 Å². The number of carbonyl (C=O) groups is 1. The highest BCUT2D eigenvalue weighted by Gasteiger charge is 2.17. The molecule has 0 aliphatic rings. The summed E-state index contributed by atoms with van der Waals surface area (Å²) in [5, 5.41) is 3.38. The number of aromatic nitrogens is 3. The predicted octanol–water partition coefficient (Wildman–Crippen LogP) is 6.01. The van der Waals surface area contributed by atoms with Gasteiger partial charge in [-0.25, -0.2) is 4.98 Å². The maximum atomic E-state index is 13.2. The summed E-state index contributed by atoms with van der Waals surface area (Å²) >= 11 is 11.9. The number of nitrogens with one attached hydrogen (secondary N) is 1. The van der Waals surface area contributed by atoms with Crippen molar-refractivity contribution in [2.45, 2.75) is 0 Å². The van der Waals surface area contributed by atoms with E-state index in [9.17, 15) is 9.59 Å². The van der Waals surface area contributed by atoms with Gasteiger partial charge in [0.05, 0.1) is 5.52 Å². The highest BCUT2D eigenvalue weighted by Crippen LogP contribution is 2.24. The normalized spacial score (nSPS) is 10.9. The van der Waals surface area contributed by atoms with Crippen molar-refractivity contribution in [1.82, 2.24) is 14.5 Å². The van der Waals surface area contributed by atoms with Crippen LogP contribution in [0.25, 0.3) is 27.7 Å². The molecular formula is C26H16Cl2N4O2. The van der Waals surface area contributed by atoms with E-state index in [1.165, 1.54) is 12.1 Å². The van der Waals surface area contributed by atoms with Gasteiger partial charge < -0.3 is 9.88 Å². The molecule has 3 aromatic heterocycles. The number of para-hydroxylation sites is 1. The molecule has 0 fully saturated rings. The van der Waals surface area contributed by atoms with Crippen molar-refractivity contribution in [2.24, 2.45) is 0 Å². The van der Waals surface area contributed by atoms with Crippen molar-refractivity contribution in [3.05, 3.63) is 117 Å². The van der Waals surface area contributed by atoms with E-state index in [0.29, 0.717) is 16.6 Å². The van der Waals surface area contributed by atoms with Gasteiger partial charge in [0.2, 0.25) is 5.43 Å². The zero-order valence-corrected chi connectivity index (χ0v) is 19.1. The van der Waals surface area contributed by atoms with Gasteiger partial charge in [0.1, 0.15) is 15.9 Å². The summed E-state index contributed by atoms with van der Waals surface area (Å²) in [5.74, 6) is -0.578. The fourth-order valence-electron chi connectivity index (χ4n) is 3.76. The molecule has 0 atom stereocenters. The van der Waals surface area contributed by atoms with E-state index in [4.69, 9.17) is 23.2 Å². The molecule has 34 heavy (non-hydrogen) atoms. The van der Waals surface area contributed by atoms with E-state index < -0.39 is 5.91 Å². The second-order valence-corrected chi connectivity index (χ2v) is 8.28. The van der Waals surface area contributed by atoms with Crippen LogP contribution in [0.4, 0.5) is 5.69 Å². The molecule has 3 heterocycles. The van der Waals surface area contributed by atoms with Gasteiger partial charge in [-0.1, -0.05) is 53.5 Å². The molecule has 0 aliphatic carbocycles. The summed E-state index contributed by atoms with van der Waals surface area (Å²) in [6, 6.07) is 21.7. The van der Waals surface area contributed by atoms with Gasteiger partial charge in [-0.3, -0.25) is 14.6 Å². The lowest BCUT2D eigenvalue weighted by Crippen LogP contribution is -2.23. The zero-order chi connectivity index (χ0) is 23.7. The Morgan fingerprint density at radius 2 is 1.65 bits per heavy atom. The van der Waals surface area contributed by atoms with E-state index in [2.05, 4.69) is 15.3 Å². The SMILES string of the molecule is O=C(Nc1cc(Cl)nc(Cl)c1)c1cn(-c2cccc(-c3cccnc3)c2)c2ccccc2c1=O. The zero-order valence-electron chi connectivity index (χ0n) is 17.6. The van der Waals surface area contributed by atoms with Crippen LogP contribution < -0.4 is 10.7 Å². The molecule has 0 saturated carbocycles. The average Bonchev–Trinajstić information content (AvgIpc) is 2.84. The predicted molar refractivity (Wildman–Crippen MR) is 135 cm³/mol. The Bertz CT molecular complexity index is 1580. The van der Waals surface area contributed by atoms with Crippen molar-refractivity contribution in [3.63, 3.8) is 0 Å². The molecule has 8 heteroatoms. The van der Waals surface area contributed by atoms with Gasteiger partial charge in [-0.15, -0.1) is 0 Å². The Balaban J connectivity index is 1.64. The molecule has 5 rings (SSSR count). The molecule has 6 nitrogen and oxygen atoms in total. The van der Waals surface area contributed by atoms with Crippen LogP contribution in [0, 0.1) is 0 Å². The third-order valence-electron chi connectivity index (χ3n) is 5.30. The Morgan fingerprint density at radius 1 is 0.882 bits per heavy atom. The first kappa shape index (κ1) is 21.8. The Hall–Kier alpha value is -4.00. The first-order valence-corrected chi connectivity index (χ1v) is 11.0. The van der Waals surface area contributed by atoms with Crippen molar-refractivity contribution >= 4 is 45.7 Å². The molecule has 5 aromatic rings. The average molecular weight is 487 g/mol. The first-order valence-electron chi connectivity index (χ1n) is 10.3. The standard InChI is InChI=1S/C26H16Cl2N4O2/c27-23-12-18(13-24(28)31-23)30-26(34)21-15-32(22-9-2-1-8-20(22)25(21)33)19-7-3-5-16(11-19)17-6-4-10-29-14-17/h1-15H,(H,30,31,34). The molecule has 2 aromatic carbocycles. The maximum absolute atomic E-state index is 13.2. The molecule has 0 radical (unpaired) electrons. The minimum absolute atomic E-state index is 0.0189. The Labute approximate surface area is 204 Å². The van der Waals surface area contributed by atoms with E-state index in [1.807, 2.05) is 53.1 Å². The Kier molecular flexibility index (Phi) is 5.84. The lowest BCUT2D eigenvalue weighted by molar-refractivity contribution is 0.102. The van der Waals surface area contributed by atoms with Crippen molar-refractivity contribution in [3.8, 4) is 16.8 Å². The highest BCUT2D eigenvalue weighted by atomic mass is 35.5. The second kappa shape index (κ2) is 9.09. The van der Waals surface area contributed by atoms with Crippen LogP contribution in [0.5, 0.6) is 0 Å². The van der Waals surface area contributed by atoms with Gasteiger partial charge >= 0.3 is 0 Å². The summed E-state index contributed by atoms with van der Waals surface area (Å²) in [4.78, 5) is 34.4. The summed E-state index contributed by atoms with van der Waals surface area (Å²) < 4.78 is 1.83. The van der Waals surface area contributed by atoms with Gasteiger partial charge in [0, 0.05) is 40.9 Å².